The minimum absolute atomic E-state index is 0.140. The van der Waals surface area contributed by atoms with Crippen molar-refractivity contribution >= 4 is 23.4 Å². The summed E-state index contributed by atoms with van der Waals surface area (Å²) in [6.45, 7) is 0. The van der Waals surface area contributed by atoms with Crippen molar-refractivity contribution in [3.63, 3.8) is 0 Å². The number of amides is 1. The number of carbonyl (C=O) groups is 1. The first-order valence-electron chi connectivity index (χ1n) is 8.33. The van der Waals surface area contributed by atoms with Crippen LogP contribution in [-0.2, 0) is 4.79 Å². The van der Waals surface area contributed by atoms with E-state index in [0.29, 0.717) is 27.9 Å². The van der Waals surface area contributed by atoms with Gasteiger partial charge in [-0.3, -0.25) is 4.79 Å². The highest BCUT2D eigenvalue weighted by Gasteiger charge is 2.09. The van der Waals surface area contributed by atoms with E-state index in [-0.39, 0.29) is 11.7 Å². The van der Waals surface area contributed by atoms with Crippen molar-refractivity contribution in [2.45, 2.75) is 5.03 Å². The lowest BCUT2D eigenvalue weighted by atomic mass is 10.1. The summed E-state index contributed by atoms with van der Waals surface area (Å²) in [6.07, 6.45) is 0. The van der Waals surface area contributed by atoms with Crippen LogP contribution in [0, 0.1) is 5.82 Å². The van der Waals surface area contributed by atoms with E-state index in [9.17, 15) is 9.18 Å². The number of ether oxygens (including phenoxy) is 2. The predicted octanol–water partition coefficient (Wildman–Crippen LogP) is 4.03. The predicted molar refractivity (Wildman–Crippen MR) is 106 cm³/mol. The van der Waals surface area contributed by atoms with E-state index in [2.05, 4.69) is 15.5 Å². The zero-order valence-electron chi connectivity index (χ0n) is 15.3. The van der Waals surface area contributed by atoms with Crippen LogP contribution in [0.25, 0.3) is 11.3 Å². The van der Waals surface area contributed by atoms with Gasteiger partial charge in [-0.05, 0) is 48.5 Å². The molecule has 0 radical (unpaired) electrons. The quantitative estimate of drug-likeness (QED) is 0.605. The maximum atomic E-state index is 13.1. The Balaban J connectivity index is 1.61. The number of hydrogen-bond donors (Lipinski definition) is 1. The minimum atomic E-state index is -0.401. The molecule has 0 saturated heterocycles. The van der Waals surface area contributed by atoms with Crippen LogP contribution in [0.3, 0.4) is 0 Å². The van der Waals surface area contributed by atoms with Gasteiger partial charge in [0.25, 0.3) is 0 Å². The van der Waals surface area contributed by atoms with Crippen molar-refractivity contribution < 1.29 is 18.7 Å². The molecule has 0 unspecified atom stereocenters. The number of nitrogens with zero attached hydrogens (tertiary/aromatic N) is 2. The number of halogens is 1. The van der Waals surface area contributed by atoms with E-state index in [4.69, 9.17) is 9.47 Å². The molecule has 1 aromatic heterocycles. The van der Waals surface area contributed by atoms with Crippen LogP contribution in [0.2, 0.25) is 0 Å². The zero-order valence-corrected chi connectivity index (χ0v) is 16.1. The Morgan fingerprint density at radius 1 is 1.04 bits per heavy atom. The molecule has 6 nitrogen and oxygen atoms in total. The second-order valence-electron chi connectivity index (χ2n) is 5.67. The Hall–Kier alpha value is -3.13. The van der Waals surface area contributed by atoms with Crippen LogP contribution in [0.5, 0.6) is 11.5 Å². The van der Waals surface area contributed by atoms with Gasteiger partial charge in [0.1, 0.15) is 10.8 Å². The molecule has 144 valence electrons. The Kier molecular flexibility index (Phi) is 6.44. The second kappa shape index (κ2) is 9.18. The first-order chi connectivity index (χ1) is 13.6. The summed E-state index contributed by atoms with van der Waals surface area (Å²) in [7, 11) is 3.15. The topological polar surface area (TPSA) is 73.3 Å². The lowest BCUT2D eigenvalue weighted by Gasteiger charge is -2.09. The molecule has 1 amide bonds. The third-order valence-electron chi connectivity index (χ3n) is 3.78. The molecule has 0 aliphatic rings. The summed E-state index contributed by atoms with van der Waals surface area (Å²) >= 11 is 1.25. The van der Waals surface area contributed by atoms with Crippen LogP contribution >= 0.6 is 11.8 Å². The maximum absolute atomic E-state index is 13.1. The standard InChI is InChI=1S/C20H18FN3O3S/c1-26-17-8-6-13(10-18(17)27-2)16-7-9-20(24-23-16)28-12-19(25)22-15-5-3-4-14(21)11-15/h3-11H,12H2,1-2H3,(H,22,25). The Labute approximate surface area is 166 Å². The van der Waals surface area contributed by atoms with Crippen molar-refractivity contribution in [3.05, 3.63) is 60.4 Å². The number of methoxy groups -OCH3 is 2. The summed E-state index contributed by atoms with van der Waals surface area (Å²) in [5.41, 5.74) is 1.93. The van der Waals surface area contributed by atoms with E-state index in [0.717, 1.165) is 5.56 Å². The van der Waals surface area contributed by atoms with Crippen LogP contribution in [0.4, 0.5) is 10.1 Å². The van der Waals surface area contributed by atoms with Gasteiger partial charge in [-0.2, -0.15) is 0 Å². The summed E-state index contributed by atoms with van der Waals surface area (Å²) in [4.78, 5) is 12.0. The molecule has 1 heterocycles. The summed E-state index contributed by atoms with van der Waals surface area (Å²) in [5, 5.41) is 11.6. The number of carbonyl (C=O) groups excluding carboxylic acids is 1. The molecule has 3 aromatic rings. The monoisotopic (exact) mass is 399 g/mol. The van der Waals surface area contributed by atoms with Gasteiger partial charge in [-0.25, -0.2) is 4.39 Å². The zero-order chi connectivity index (χ0) is 19.9. The fourth-order valence-electron chi connectivity index (χ4n) is 2.45. The van der Waals surface area contributed by atoms with Gasteiger partial charge in [0, 0.05) is 11.3 Å². The van der Waals surface area contributed by atoms with Crippen LogP contribution in [0.15, 0.2) is 59.6 Å². The number of hydrogen-bond acceptors (Lipinski definition) is 6. The molecule has 8 heteroatoms. The van der Waals surface area contributed by atoms with Gasteiger partial charge in [0.2, 0.25) is 5.91 Å². The molecule has 2 aromatic carbocycles. The fraction of sp³-hybridized carbons (Fsp3) is 0.150. The molecule has 0 fully saturated rings. The third kappa shape index (κ3) is 4.98. The average molecular weight is 399 g/mol. The van der Waals surface area contributed by atoms with Crippen LogP contribution in [-0.4, -0.2) is 36.1 Å². The van der Waals surface area contributed by atoms with Gasteiger partial charge in [-0.1, -0.05) is 17.8 Å². The molecule has 0 saturated carbocycles. The van der Waals surface area contributed by atoms with Gasteiger partial charge < -0.3 is 14.8 Å². The van der Waals surface area contributed by atoms with Crippen molar-refractivity contribution in [3.8, 4) is 22.8 Å². The number of anilines is 1. The van der Waals surface area contributed by atoms with E-state index in [1.54, 1.807) is 32.4 Å². The number of benzene rings is 2. The fourth-order valence-corrected chi connectivity index (χ4v) is 3.06. The molecule has 28 heavy (non-hydrogen) atoms. The second-order valence-corrected chi connectivity index (χ2v) is 6.67. The summed E-state index contributed by atoms with van der Waals surface area (Å²) < 4.78 is 23.7. The van der Waals surface area contributed by atoms with Crippen molar-refractivity contribution in [2.75, 3.05) is 25.3 Å². The molecule has 0 bridgehead atoms. The first-order valence-corrected chi connectivity index (χ1v) is 9.32. The summed E-state index contributed by atoms with van der Waals surface area (Å²) in [6, 6.07) is 14.8. The Bertz CT molecular complexity index is 967. The highest BCUT2D eigenvalue weighted by Crippen LogP contribution is 2.31. The van der Waals surface area contributed by atoms with Gasteiger partial charge >= 0.3 is 0 Å². The normalized spacial score (nSPS) is 10.4. The lowest BCUT2D eigenvalue weighted by Crippen LogP contribution is -2.14. The van der Waals surface area contributed by atoms with Gasteiger partial charge in [0.05, 0.1) is 25.7 Å². The SMILES string of the molecule is COc1ccc(-c2ccc(SCC(=O)Nc3cccc(F)c3)nn2)cc1OC. The largest absolute Gasteiger partial charge is 0.493 e. The van der Waals surface area contributed by atoms with E-state index in [1.165, 1.54) is 30.0 Å². The molecular formula is C20H18FN3O3S. The lowest BCUT2D eigenvalue weighted by molar-refractivity contribution is -0.113. The molecule has 0 atom stereocenters. The van der Waals surface area contributed by atoms with Crippen molar-refractivity contribution in [1.29, 1.82) is 0 Å². The number of rotatable bonds is 7. The van der Waals surface area contributed by atoms with Crippen LogP contribution in [0.1, 0.15) is 0 Å². The van der Waals surface area contributed by atoms with Gasteiger partial charge in [0.15, 0.2) is 11.5 Å². The smallest absolute Gasteiger partial charge is 0.234 e. The van der Waals surface area contributed by atoms with E-state index >= 15 is 0 Å². The van der Waals surface area contributed by atoms with Crippen molar-refractivity contribution in [2.24, 2.45) is 0 Å². The Morgan fingerprint density at radius 2 is 1.86 bits per heavy atom. The number of nitrogens with one attached hydrogen (secondary N) is 1. The molecule has 1 N–H and O–H groups in total. The molecule has 0 aliphatic heterocycles. The molecular weight excluding hydrogens is 381 g/mol. The van der Waals surface area contributed by atoms with Crippen LogP contribution < -0.4 is 14.8 Å². The van der Waals surface area contributed by atoms with E-state index in [1.807, 2.05) is 18.2 Å². The maximum Gasteiger partial charge on any atom is 0.234 e. The molecule has 3 rings (SSSR count). The Morgan fingerprint density at radius 3 is 2.54 bits per heavy atom. The van der Waals surface area contributed by atoms with Gasteiger partial charge in [-0.15, -0.1) is 10.2 Å². The molecule has 0 aliphatic carbocycles. The average Bonchev–Trinajstić information content (AvgIpc) is 2.72. The van der Waals surface area contributed by atoms with Crippen molar-refractivity contribution in [1.82, 2.24) is 10.2 Å². The van der Waals surface area contributed by atoms with E-state index < -0.39 is 5.82 Å². The first kappa shape index (κ1) is 19.6. The minimum Gasteiger partial charge on any atom is -0.493 e. The third-order valence-corrected chi connectivity index (χ3v) is 4.70. The number of thioether (sulfide) groups is 1. The highest BCUT2D eigenvalue weighted by molar-refractivity contribution is 7.99. The molecule has 0 spiro atoms. The number of aromatic nitrogens is 2. The highest BCUT2D eigenvalue weighted by atomic mass is 32.2. The summed E-state index contributed by atoms with van der Waals surface area (Å²) in [5.74, 6) is 0.731.